The fourth-order valence-electron chi connectivity index (χ4n) is 2.70. The van der Waals surface area contributed by atoms with Crippen molar-refractivity contribution in [3.05, 3.63) is 33.8 Å². The topological polar surface area (TPSA) is 77.9 Å². The van der Waals surface area contributed by atoms with Crippen LogP contribution in [0.3, 0.4) is 0 Å². The lowest BCUT2D eigenvalue weighted by Crippen LogP contribution is -2.53. The van der Waals surface area contributed by atoms with Gasteiger partial charge in [-0.2, -0.15) is 4.31 Å². The van der Waals surface area contributed by atoms with Gasteiger partial charge in [0, 0.05) is 36.7 Å². The van der Waals surface area contributed by atoms with Gasteiger partial charge in [-0.05, 0) is 24.6 Å². The van der Waals surface area contributed by atoms with Crippen molar-refractivity contribution in [3.8, 4) is 0 Å². The highest BCUT2D eigenvalue weighted by molar-refractivity contribution is 9.10. The Morgan fingerprint density at radius 1 is 1.41 bits per heavy atom. The molecule has 22 heavy (non-hydrogen) atoms. The summed E-state index contributed by atoms with van der Waals surface area (Å²) in [5.41, 5.74) is 1.23. The summed E-state index contributed by atoms with van der Waals surface area (Å²) >= 11 is 3.40. The summed E-state index contributed by atoms with van der Waals surface area (Å²) in [5.74, 6) is -0.956. The van der Waals surface area contributed by atoms with E-state index in [2.05, 4.69) is 20.8 Å². The van der Waals surface area contributed by atoms with Crippen molar-refractivity contribution in [2.75, 3.05) is 25.9 Å². The lowest BCUT2D eigenvalue weighted by molar-refractivity contribution is 0.0696. The first-order valence-electron chi connectivity index (χ1n) is 6.89. The zero-order chi connectivity index (χ0) is 16.5. The van der Waals surface area contributed by atoms with E-state index in [4.69, 9.17) is 5.11 Å². The van der Waals surface area contributed by atoms with Crippen LogP contribution in [0.2, 0.25) is 0 Å². The minimum atomic E-state index is -3.16. The zero-order valence-corrected chi connectivity index (χ0v) is 14.9. The minimum absolute atomic E-state index is 0.0687. The van der Waals surface area contributed by atoms with E-state index in [1.165, 1.54) is 10.6 Å². The number of halogens is 1. The number of carboxylic acids is 1. The number of hydrogen-bond acceptors (Lipinski definition) is 4. The van der Waals surface area contributed by atoms with Crippen molar-refractivity contribution >= 4 is 31.9 Å². The average molecular weight is 391 g/mol. The highest BCUT2D eigenvalue weighted by Crippen LogP contribution is 2.22. The lowest BCUT2D eigenvalue weighted by atomic mass is 10.1. The first kappa shape index (κ1) is 17.4. The van der Waals surface area contributed by atoms with Crippen molar-refractivity contribution in [2.45, 2.75) is 19.5 Å². The first-order chi connectivity index (χ1) is 10.2. The number of piperazine rings is 1. The van der Waals surface area contributed by atoms with Gasteiger partial charge in [-0.3, -0.25) is 4.90 Å². The summed E-state index contributed by atoms with van der Waals surface area (Å²) in [4.78, 5) is 13.1. The van der Waals surface area contributed by atoms with Crippen molar-refractivity contribution < 1.29 is 18.3 Å². The molecule has 0 aliphatic carbocycles. The molecule has 1 heterocycles. The number of benzene rings is 1. The summed E-state index contributed by atoms with van der Waals surface area (Å²) in [5, 5.41) is 8.97. The maximum Gasteiger partial charge on any atom is 0.335 e. The molecule has 1 aliphatic rings. The molecule has 1 aromatic rings. The highest BCUT2D eigenvalue weighted by atomic mass is 79.9. The van der Waals surface area contributed by atoms with Gasteiger partial charge in [0.2, 0.25) is 10.0 Å². The Hall–Kier alpha value is -0.960. The van der Waals surface area contributed by atoms with Gasteiger partial charge in [-0.1, -0.05) is 22.0 Å². The number of rotatable bonds is 4. The normalized spacial score (nSPS) is 21.0. The van der Waals surface area contributed by atoms with Crippen molar-refractivity contribution in [2.24, 2.45) is 0 Å². The molecule has 0 spiro atoms. The largest absolute Gasteiger partial charge is 0.478 e. The van der Waals surface area contributed by atoms with Gasteiger partial charge in [0.25, 0.3) is 0 Å². The number of sulfonamides is 1. The fourth-order valence-corrected chi connectivity index (χ4v) is 4.34. The van der Waals surface area contributed by atoms with E-state index in [-0.39, 0.29) is 11.6 Å². The van der Waals surface area contributed by atoms with Crippen LogP contribution in [0.25, 0.3) is 0 Å². The van der Waals surface area contributed by atoms with Crippen LogP contribution in [-0.2, 0) is 16.6 Å². The predicted octanol–water partition coefficient (Wildman–Crippen LogP) is 1.61. The third-order valence-electron chi connectivity index (χ3n) is 3.77. The molecular weight excluding hydrogens is 372 g/mol. The molecule has 0 amide bonds. The second-order valence-electron chi connectivity index (χ2n) is 5.57. The first-order valence-corrected chi connectivity index (χ1v) is 9.53. The SMILES string of the molecule is C[C@@H]1CN(Cc2ccc(C(=O)O)cc2Br)CCN1S(C)(=O)=O. The molecule has 0 radical (unpaired) electrons. The number of carbonyl (C=O) groups is 1. The second-order valence-corrected chi connectivity index (χ2v) is 8.36. The van der Waals surface area contributed by atoms with Gasteiger partial charge >= 0.3 is 5.97 Å². The molecule has 0 bridgehead atoms. The summed E-state index contributed by atoms with van der Waals surface area (Å²) < 4.78 is 25.6. The van der Waals surface area contributed by atoms with Crippen LogP contribution in [0, 0.1) is 0 Å². The molecule has 8 heteroatoms. The van der Waals surface area contributed by atoms with E-state index in [1.54, 1.807) is 18.2 Å². The van der Waals surface area contributed by atoms with Crippen LogP contribution in [0.4, 0.5) is 0 Å². The van der Waals surface area contributed by atoms with Gasteiger partial charge in [-0.15, -0.1) is 0 Å². The Balaban J connectivity index is 2.06. The molecule has 1 aromatic carbocycles. The Labute approximate surface area is 138 Å². The fraction of sp³-hybridized carbons (Fsp3) is 0.500. The summed E-state index contributed by atoms with van der Waals surface area (Å²) in [6.45, 7) is 4.34. The Morgan fingerprint density at radius 3 is 2.59 bits per heavy atom. The molecule has 1 fully saturated rings. The highest BCUT2D eigenvalue weighted by Gasteiger charge is 2.29. The molecule has 6 nitrogen and oxygen atoms in total. The molecule has 0 aromatic heterocycles. The number of aromatic carboxylic acids is 1. The van der Waals surface area contributed by atoms with Gasteiger partial charge in [-0.25, -0.2) is 13.2 Å². The van der Waals surface area contributed by atoms with Crippen LogP contribution in [-0.4, -0.2) is 60.6 Å². The number of hydrogen-bond donors (Lipinski definition) is 1. The summed E-state index contributed by atoms with van der Waals surface area (Å²) in [7, 11) is -3.16. The van der Waals surface area contributed by atoms with Crippen molar-refractivity contribution in [1.82, 2.24) is 9.21 Å². The Morgan fingerprint density at radius 2 is 2.09 bits per heavy atom. The van der Waals surface area contributed by atoms with Crippen LogP contribution in [0.15, 0.2) is 22.7 Å². The molecule has 122 valence electrons. The van der Waals surface area contributed by atoms with Gasteiger partial charge in [0.1, 0.15) is 0 Å². The monoisotopic (exact) mass is 390 g/mol. The minimum Gasteiger partial charge on any atom is -0.478 e. The molecular formula is C14H19BrN2O4S. The number of carboxylic acid groups (broad SMARTS) is 1. The summed E-state index contributed by atoms with van der Waals surface area (Å²) in [6.07, 6.45) is 1.24. The maximum absolute atomic E-state index is 11.7. The van der Waals surface area contributed by atoms with Crippen LogP contribution in [0.5, 0.6) is 0 Å². The van der Waals surface area contributed by atoms with E-state index in [9.17, 15) is 13.2 Å². The third kappa shape index (κ3) is 4.07. The quantitative estimate of drug-likeness (QED) is 0.844. The Bertz CT molecular complexity index is 677. The smallest absolute Gasteiger partial charge is 0.335 e. The third-order valence-corrected chi connectivity index (χ3v) is 5.90. The molecule has 0 saturated carbocycles. The van der Waals surface area contributed by atoms with E-state index < -0.39 is 16.0 Å². The Kier molecular flexibility index (Phi) is 5.26. The lowest BCUT2D eigenvalue weighted by Gasteiger charge is -2.38. The van der Waals surface area contributed by atoms with Gasteiger partial charge in [0.15, 0.2) is 0 Å². The molecule has 1 N–H and O–H groups in total. The second kappa shape index (κ2) is 6.66. The molecule has 1 atom stereocenters. The zero-order valence-electron chi connectivity index (χ0n) is 12.5. The van der Waals surface area contributed by atoms with E-state index in [1.807, 2.05) is 6.92 Å². The van der Waals surface area contributed by atoms with Crippen molar-refractivity contribution in [3.63, 3.8) is 0 Å². The van der Waals surface area contributed by atoms with Crippen LogP contribution >= 0.6 is 15.9 Å². The number of nitrogens with zero attached hydrogens (tertiary/aromatic N) is 2. The standard InChI is InChI=1S/C14H19BrN2O4S/c1-10-8-16(5-6-17(10)22(2,20)21)9-12-4-3-11(14(18)19)7-13(12)15/h3-4,7,10H,5-6,8-9H2,1-2H3,(H,18,19)/t10-/m1/s1. The van der Waals surface area contributed by atoms with Gasteiger partial charge in [0.05, 0.1) is 11.8 Å². The molecule has 1 aliphatic heterocycles. The average Bonchev–Trinajstić information content (AvgIpc) is 2.39. The van der Waals surface area contributed by atoms with Crippen LogP contribution in [0.1, 0.15) is 22.8 Å². The molecule has 1 saturated heterocycles. The molecule has 0 unspecified atom stereocenters. The maximum atomic E-state index is 11.7. The van der Waals surface area contributed by atoms with Gasteiger partial charge < -0.3 is 5.11 Å². The predicted molar refractivity (Wildman–Crippen MR) is 87.4 cm³/mol. The van der Waals surface area contributed by atoms with Crippen molar-refractivity contribution in [1.29, 1.82) is 0 Å². The van der Waals surface area contributed by atoms with Crippen LogP contribution < -0.4 is 0 Å². The van der Waals surface area contributed by atoms with E-state index in [0.717, 1.165) is 10.0 Å². The molecule has 2 rings (SSSR count). The summed E-state index contributed by atoms with van der Waals surface area (Å²) in [6, 6.07) is 4.90. The van der Waals surface area contributed by atoms with E-state index in [0.29, 0.717) is 26.2 Å². The van der Waals surface area contributed by atoms with E-state index >= 15 is 0 Å².